The first kappa shape index (κ1) is 18.6. The van der Waals surface area contributed by atoms with Gasteiger partial charge in [-0.1, -0.05) is 42.5 Å². The lowest BCUT2D eigenvalue weighted by atomic mass is 9.90. The van der Waals surface area contributed by atoms with Crippen LogP contribution in [0.2, 0.25) is 0 Å². The molecule has 0 spiro atoms. The Bertz CT molecular complexity index is 866. The molecule has 0 fully saturated rings. The number of rotatable bonds is 5. The van der Waals surface area contributed by atoms with Crippen LogP contribution in [0.4, 0.5) is 5.69 Å². The van der Waals surface area contributed by atoms with Crippen molar-refractivity contribution in [2.45, 2.75) is 6.04 Å². The molecule has 7 heteroatoms. The average molecular weight is 368 g/mol. The summed E-state index contributed by atoms with van der Waals surface area (Å²) in [5.74, 6) is -1.74. The first-order chi connectivity index (χ1) is 13.1. The standard InChI is InChI=1S/C20H20N2O5/c1-26-19(24)14-10-6-7-11-16(14)22-18(13-8-4-3-5-9-13)15(12-23)17(21-22)20(25)27-2/h3-11,15,18,23H,12H2,1-2H3. The van der Waals surface area contributed by atoms with Gasteiger partial charge >= 0.3 is 11.9 Å². The fraction of sp³-hybridized carbons (Fsp3) is 0.250. The molecule has 1 N–H and O–H groups in total. The third kappa shape index (κ3) is 3.41. The van der Waals surface area contributed by atoms with Crippen LogP contribution in [0.5, 0.6) is 0 Å². The predicted molar refractivity (Wildman–Crippen MR) is 99.5 cm³/mol. The Kier molecular flexibility index (Phi) is 5.52. The summed E-state index contributed by atoms with van der Waals surface area (Å²) in [5.41, 5.74) is 1.75. The number of nitrogens with zero attached hydrogens (tertiary/aromatic N) is 2. The van der Waals surface area contributed by atoms with Crippen molar-refractivity contribution >= 4 is 23.3 Å². The second kappa shape index (κ2) is 8.01. The van der Waals surface area contributed by atoms with Gasteiger partial charge in [0.05, 0.1) is 44.0 Å². The highest BCUT2D eigenvalue weighted by molar-refractivity contribution is 6.38. The minimum absolute atomic E-state index is 0.105. The Morgan fingerprint density at radius 2 is 1.63 bits per heavy atom. The van der Waals surface area contributed by atoms with Crippen LogP contribution in [0.25, 0.3) is 0 Å². The van der Waals surface area contributed by atoms with E-state index in [2.05, 4.69) is 5.10 Å². The number of hydrazone groups is 1. The van der Waals surface area contributed by atoms with E-state index in [0.717, 1.165) is 5.56 Å². The summed E-state index contributed by atoms with van der Waals surface area (Å²) in [6.07, 6.45) is 0. The number of esters is 2. The number of carbonyl (C=O) groups is 2. The van der Waals surface area contributed by atoms with Crippen LogP contribution >= 0.6 is 0 Å². The molecule has 7 nitrogen and oxygen atoms in total. The molecule has 140 valence electrons. The van der Waals surface area contributed by atoms with Gasteiger partial charge in [-0.2, -0.15) is 5.10 Å². The van der Waals surface area contributed by atoms with Crippen molar-refractivity contribution in [2.75, 3.05) is 25.8 Å². The van der Waals surface area contributed by atoms with E-state index in [0.29, 0.717) is 11.3 Å². The van der Waals surface area contributed by atoms with Gasteiger partial charge in [-0.15, -0.1) is 0 Å². The maximum atomic E-state index is 12.2. The quantitative estimate of drug-likeness (QED) is 0.814. The third-order valence-electron chi connectivity index (χ3n) is 4.50. The number of benzene rings is 2. The lowest BCUT2D eigenvalue weighted by Gasteiger charge is -2.28. The molecule has 27 heavy (non-hydrogen) atoms. The zero-order chi connectivity index (χ0) is 19.4. The van der Waals surface area contributed by atoms with E-state index in [1.54, 1.807) is 29.3 Å². The zero-order valence-corrected chi connectivity index (χ0v) is 15.0. The van der Waals surface area contributed by atoms with Crippen molar-refractivity contribution in [2.24, 2.45) is 11.0 Å². The number of ether oxygens (including phenoxy) is 2. The largest absolute Gasteiger partial charge is 0.465 e. The van der Waals surface area contributed by atoms with Crippen molar-refractivity contribution in [3.63, 3.8) is 0 Å². The van der Waals surface area contributed by atoms with Gasteiger partial charge in [0.25, 0.3) is 0 Å². The molecule has 1 aliphatic heterocycles. The van der Waals surface area contributed by atoms with Crippen molar-refractivity contribution in [3.05, 3.63) is 65.7 Å². The molecule has 3 rings (SSSR count). The molecule has 0 radical (unpaired) electrons. The highest BCUT2D eigenvalue weighted by Crippen LogP contribution is 2.40. The summed E-state index contributed by atoms with van der Waals surface area (Å²) in [6, 6.07) is 15.7. The first-order valence-corrected chi connectivity index (χ1v) is 8.41. The van der Waals surface area contributed by atoms with Crippen molar-refractivity contribution in [1.29, 1.82) is 0 Å². The number of methoxy groups -OCH3 is 2. The third-order valence-corrected chi connectivity index (χ3v) is 4.50. The summed E-state index contributed by atoms with van der Waals surface area (Å²) in [4.78, 5) is 24.4. The highest BCUT2D eigenvalue weighted by atomic mass is 16.5. The van der Waals surface area contributed by atoms with E-state index >= 15 is 0 Å². The van der Waals surface area contributed by atoms with Crippen LogP contribution in [-0.2, 0) is 14.3 Å². The molecule has 1 heterocycles. The lowest BCUT2D eigenvalue weighted by Crippen LogP contribution is -2.31. The van der Waals surface area contributed by atoms with Gasteiger partial charge in [-0.05, 0) is 17.7 Å². The summed E-state index contributed by atoms with van der Waals surface area (Å²) in [6.45, 7) is -0.301. The Hall–Kier alpha value is -3.19. The number of aliphatic hydroxyl groups is 1. The van der Waals surface area contributed by atoms with Gasteiger partial charge in [-0.3, -0.25) is 5.01 Å². The van der Waals surface area contributed by atoms with E-state index in [1.165, 1.54) is 14.2 Å². The minimum Gasteiger partial charge on any atom is -0.465 e. The molecule has 2 unspecified atom stereocenters. The molecule has 0 saturated heterocycles. The fourth-order valence-corrected chi connectivity index (χ4v) is 3.24. The van der Waals surface area contributed by atoms with E-state index in [4.69, 9.17) is 9.47 Å². The SMILES string of the molecule is COC(=O)C1=NN(c2ccccc2C(=O)OC)C(c2ccccc2)C1CO. The fourth-order valence-electron chi connectivity index (χ4n) is 3.24. The second-order valence-corrected chi connectivity index (χ2v) is 5.97. The minimum atomic E-state index is -0.618. The van der Waals surface area contributed by atoms with E-state index in [-0.39, 0.29) is 12.3 Å². The molecular weight excluding hydrogens is 348 g/mol. The molecule has 0 amide bonds. The molecule has 2 aromatic carbocycles. The zero-order valence-electron chi connectivity index (χ0n) is 15.0. The number of carbonyl (C=O) groups excluding carboxylic acids is 2. The van der Waals surface area contributed by atoms with E-state index < -0.39 is 23.9 Å². The van der Waals surface area contributed by atoms with Gasteiger partial charge < -0.3 is 14.6 Å². The Morgan fingerprint density at radius 3 is 2.26 bits per heavy atom. The normalized spacial score (nSPS) is 18.8. The van der Waals surface area contributed by atoms with Crippen molar-refractivity contribution < 1.29 is 24.2 Å². The first-order valence-electron chi connectivity index (χ1n) is 8.41. The Balaban J connectivity index is 2.17. The predicted octanol–water partition coefficient (Wildman–Crippen LogP) is 2.17. The van der Waals surface area contributed by atoms with Crippen molar-refractivity contribution in [3.8, 4) is 0 Å². The van der Waals surface area contributed by atoms with Gasteiger partial charge in [0.2, 0.25) is 0 Å². The number of para-hydroxylation sites is 1. The van der Waals surface area contributed by atoms with Crippen LogP contribution in [0.1, 0.15) is 22.0 Å². The number of hydrogen-bond acceptors (Lipinski definition) is 7. The molecule has 0 saturated carbocycles. The van der Waals surface area contributed by atoms with Gasteiger partial charge in [0.15, 0.2) is 5.71 Å². The number of hydrogen-bond donors (Lipinski definition) is 1. The van der Waals surface area contributed by atoms with E-state index in [9.17, 15) is 14.7 Å². The molecule has 2 aromatic rings. The van der Waals surface area contributed by atoms with Crippen LogP contribution in [-0.4, -0.2) is 43.6 Å². The van der Waals surface area contributed by atoms with Crippen LogP contribution in [0, 0.1) is 5.92 Å². The monoisotopic (exact) mass is 368 g/mol. The molecule has 0 bridgehead atoms. The maximum absolute atomic E-state index is 12.2. The van der Waals surface area contributed by atoms with Crippen LogP contribution < -0.4 is 5.01 Å². The van der Waals surface area contributed by atoms with Gasteiger partial charge in [-0.25, -0.2) is 9.59 Å². The summed E-state index contributed by atoms with van der Waals surface area (Å²) in [7, 11) is 2.57. The molecule has 0 aromatic heterocycles. The maximum Gasteiger partial charge on any atom is 0.354 e. The van der Waals surface area contributed by atoms with Crippen LogP contribution in [0.3, 0.4) is 0 Å². The topological polar surface area (TPSA) is 88.4 Å². The summed E-state index contributed by atoms with van der Waals surface area (Å²) >= 11 is 0. The Morgan fingerprint density at radius 1 is 1.00 bits per heavy atom. The lowest BCUT2D eigenvalue weighted by molar-refractivity contribution is -0.133. The van der Waals surface area contributed by atoms with Gasteiger partial charge in [0.1, 0.15) is 0 Å². The molecular formula is C20H20N2O5. The smallest absolute Gasteiger partial charge is 0.354 e. The summed E-state index contributed by atoms with van der Waals surface area (Å²) in [5, 5.41) is 16.0. The average Bonchev–Trinajstić information content (AvgIpc) is 3.12. The number of aliphatic hydroxyl groups excluding tert-OH is 1. The van der Waals surface area contributed by atoms with E-state index in [1.807, 2.05) is 30.3 Å². The summed E-state index contributed by atoms with van der Waals surface area (Å²) < 4.78 is 9.71. The highest BCUT2D eigenvalue weighted by Gasteiger charge is 2.43. The van der Waals surface area contributed by atoms with Crippen molar-refractivity contribution in [1.82, 2.24) is 0 Å². The number of anilines is 1. The molecule has 0 aliphatic carbocycles. The second-order valence-electron chi connectivity index (χ2n) is 5.97. The molecule has 1 aliphatic rings. The Labute approximate surface area is 156 Å². The van der Waals surface area contributed by atoms with Gasteiger partial charge in [0, 0.05) is 0 Å². The van der Waals surface area contributed by atoms with Crippen LogP contribution in [0.15, 0.2) is 59.7 Å². The molecule has 2 atom stereocenters.